The molecule has 1 fully saturated rings. The van der Waals surface area contributed by atoms with E-state index < -0.39 is 5.97 Å². The fraction of sp³-hybridized carbons (Fsp3) is 0.529. The summed E-state index contributed by atoms with van der Waals surface area (Å²) in [5, 5.41) is 14.1. The molecular formula is C17H23FN2O3. The molecule has 3 N–H and O–H groups in total. The van der Waals surface area contributed by atoms with Crippen molar-refractivity contribution >= 4 is 12.0 Å². The Balaban J connectivity index is 1.86. The number of carboxylic acid groups (broad SMARTS) is 1. The molecule has 0 aromatic heterocycles. The van der Waals surface area contributed by atoms with E-state index in [9.17, 15) is 14.0 Å². The molecular weight excluding hydrogens is 299 g/mol. The molecule has 0 aliphatic heterocycles. The lowest BCUT2D eigenvalue weighted by Crippen LogP contribution is -2.44. The number of halogens is 1. The Kier molecular flexibility index (Phi) is 5.96. The molecule has 0 unspecified atom stereocenters. The van der Waals surface area contributed by atoms with Crippen molar-refractivity contribution in [2.45, 2.75) is 43.9 Å². The van der Waals surface area contributed by atoms with Gasteiger partial charge in [0.25, 0.3) is 0 Å². The number of aliphatic carboxylic acids is 1. The van der Waals surface area contributed by atoms with Gasteiger partial charge in [-0.3, -0.25) is 4.79 Å². The summed E-state index contributed by atoms with van der Waals surface area (Å²) < 4.78 is 13.1. The fourth-order valence-corrected chi connectivity index (χ4v) is 3.18. The van der Waals surface area contributed by atoms with Gasteiger partial charge in [-0.05, 0) is 37.0 Å². The predicted molar refractivity (Wildman–Crippen MR) is 84.8 cm³/mol. The molecule has 0 atom stereocenters. The molecule has 6 heteroatoms. The van der Waals surface area contributed by atoms with Crippen LogP contribution in [-0.2, 0) is 10.2 Å². The second-order valence-electron chi connectivity index (χ2n) is 6.10. The summed E-state index contributed by atoms with van der Waals surface area (Å²) in [4.78, 5) is 22.3. The van der Waals surface area contributed by atoms with E-state index >= 15 is 0 Å². The summed E-state index contributed by atoms with van der Waals surface area (Å²) >= 11 is 0. The van der Waals surface area contributed by atoms with Crippen molar-refractivity contribution in [2.75, 3.05) is 13.1 Å². The highest BCUT2D eigenvalue weighted by Gasteiger charge is 2.35. The van der Waals surface area contributed by atoms with Crippen molar-refractivity contribution in [3.05, 3.63) is 35.6 Å². The molecule has 126 valence electrons. The first kappa shape index (κ1) is 17.2. The van der Waals surface area contributed by atoms with E-state index in [1.54, 1.807) is 12.1 Å². The lowest BCUT2D eigenvalue weighted by Gasteiger charge is -2.30. The maximum atomic E-state index is 13.1. The maximum absolute atomic E-state index is 13.1. The molecule has 5 nitrogen and oxygen atoms in total. The molecule has 0 radical (unpaired) electrons. The Labute approximate surface area is 135 Å². The zero-order valence-electron chi connectivity index (χ0n) is 13.1. The zero-order valence-corrected chi connectivity index (χ0v) is 13.1. The molecule has 1 aromatic carbocycles. The van der Waals surface area contributed by atoms with Gasteiger partial charge in [-0.1, -0.05) is 25.0 Å². The second kappa shape index (κ2) is 7.94. The van der Waals surface area contributed by atoms with Gasteiger partial charge in [0, 0.05) is 24.9 Å². The van der Waals surface area contributed by atoms with Crippen molar-refractivity contribution in [1.29, 1.82) is 0 Å². The summed E-state index contributed by atoms with van der Waals surface area (Å²) in [6.45, 7) is 0.838. The summed E-state index contributed by atoms with van der Waals surface area (Å²) in [5.41, 5.74) is 0.925. The topological polar surface area (TPSA) is 78.4 Å². The molecule has 1 aromatic rings. The van der Waals surface area contributed by atoms with Crippen molar-refractivity contribution in [3.63, 3.8) is 0 Å². The molecule has 1 aliphatic carbocycles. The third-order valence-electron chi connectivity index (χ3n) is 4.46. The first-order valence-electron chi connectivity index (χ1n) is 8.01. The van der Waals surface area contributed by atoms with Crippen molar-refractivity contribution in [3.8, 4) is 0 Å². The van der Waals surface area contributed by atoms with E-state index in [1.807, 2.05) is 0 Å². The van der Waals surface area contributed by atoms with Gasteiger partial charge in [-0.2, -0.15) is 0 Å². The number of rotatable bonds is 7. The van der Waals surface area contributed by atoms with Crippen LogP contribution in [0.25, 0.3) is 0 Å². The van der Waals surface area contributed by atoms with Gasteiger partial charge in [0.1, 0.15) is 5.82 Å². The average molecular weight is 322 g/mol. The van der Waals surface area contributed by atoms with Crippen LogP contribution in [0.4, 0.5) is 9.18 Å². The fourth-order valence-electron chi connectivity index (χ4n) is 3.18. The standard InChI is InChI=1S/C17H23FN2O3/c18-14-7-5-13(6-8-14)17(9-1-2-10-17)12-20-16(23)19-11-3-4-15(21)22/h5-8H,1-4,9-12H2,(H,21,22)(H2,19,20,23). The number of carbonyl (C=O) groups is 2. The number of hydrogen-bond acceptors (Lipinski definition) is 2. The highest BCUT2D eigenvalue weighted by Crippen LogP contribution is 2.40. The number of carboxylic acids is 1. The van der Waals surface area contributed by atoms with Crippen LogP contribution in [0.15, 0.2) is 24.3 Å². The van der Waals surface area contributed by atoms with Crippen LogP contribution < -0.4 is 10.6 Å². The zero-order chi connectivity index (χ0) is 16.7. The summed E-state index contributed by atoms with van der Waals surface area (Å²) in [6, 6.07) is 6.23. The predicted octanol–water partition coefficient (Wildman–Crippen LogP) is 2.80. The van der Waals surface area contributed by atoms with Crippen LogP contribution in [0, 0.1) is 5.82 Å². The average Bonchev–Trinajstić information content (AvgIpc) is 3.00. The van der Waals surface area contributed by atoms with Gasteiger partial charge in [-0.25, -0.2) is 9.18 Å². The highest BCUT2D eigenvalue weighted by atomic mass is 19.1. The number of carbonyl (C=O) groups excluding carboxylic acids is 1. The largest absolute Gasteiger partial charge is 0.481 e. The summed E-state index contributed by atoms with van der Waals surface area (Å²) in [5.74, 6) is -1.13. The second-order valence-corrected chi connectivity index (χ2v) is 6.10. The van der Waals surface area contributed by atoms with E-state index in [2.05, 4.69) is 10.6 Å². The Morgan fingerprint density at radius 1 is 1.13 bits per heavy atom. The van der Waals surface area contributed by atoms with Crippen LogP contribution in [0.5, 0.6) is 0 Å². The lowest BCUT2D eigenvalue weighted by molar-refractivity contribution is -0.137. The number of hydrogen-bond donors (Lipinski definition) is 3. The minimum Gasteiger partial charge on any atom is -0.481 e. The summed E-state index contributed by atoms with van der Waals surface area (Å²) in [6.07, 6.45) is 4.58. The molecule has 0 bridgehead atoms. The first-order valence-corrected chi connectivity index (χ1v) is 8.01. The van der Waals surface area contributed by atoms with Crippen molar-refractivity contribution in [1.82, 2.24) is 10.6 Å². The third-order valence-corrected chi connectivity index (χ3v) is 4.46. The van der Waals surface area contributed by atoms with Gasteiger partial charge in [0.05, 0.1) is 0 Å². The van der Waals surface area contributed by atoms with Crippen LogP contribution in [0.3, 0.4) is 0 Å². The van der Waals surface area contributed by atoms with Crippen LogP contribution in [-0.4, -0.2) is 30.2 Å². The Morgan fingerprint density at radius 3 is 2.39 bits per heavy atom. The molecule has 0 saturated heterocycles. The van der Waals surface area contributed by atoms with Crippen molar-refractivity contribution in [2.24, 2.45) is 0 Å². The minimum atomic E-state index is -0.867. The smallest absolute Gasteiger partial charge is 0.314 e. The van der Waals surface area contributed by atoms with Crippen LogP contribution in [0.2, 0.25) is 0 Å². The van der Waals surface area contributed by atoms with E-state index in [4.69, 9.17) is 5.11 Å². The molecule has 23 heavy (non-hydrogen) atoms. The number of nitrogens with one attached hydrogen (secondary N) is 2. The van der Waals surface area contributed by atoms with E-state index in [1.165, 1.54) is 12.1 Å². The minimum absolute atomic E-state index is 0.0415. The molecule has 1 saturated carbocycles. The normalized spacial score (nSPS) is 16.0. The molecule has 0 spiro atoms. The SMILES string of the molecule is O=C(O)CCCNC(=O)NCC1(c2ccc(F)cc2)CCCC1. The highest BCUT2D eigenvalue weighted by molar-refractivity contribution is 5.74. The summed E-state index contributed by atoms with van der Waals surface area (Å²) in [7, 11) is 0. The lowest BCUT2D eigenvalue weighted by atomic mass is 9.79. The number of benzene rings is 1. The maximum Gasteiger partial charge on any atom is 0.314 e. The molecule has 2 amide bonds. The molecule has 1 aliphatic rings. The molecule has 2 rings (SSSR count). The molecule has 0 heterocycles. The third kappa shape index (κ3) is 4.94. The Morgan fingerprint density at radius 2 is 1.78 bits per heavy atom. The van der Waals surface area contributed by atoms with E-state index in [-0.39, 0.29) is 23.7 Å². The van der Waals surface area contributed by atoms with Crippen LogP contribution in [0.1, 0.15) is 44.1 Å². The van der Waals surface area contributed by atoms with Gasteiger partial charge >= 0.3 is 12.0 Å². The van der Waals surface area contributed by atoms with Gasteiger partial charge in [-0.15, -0.1) is 0 Å². The van der Waals surface area contributed by atoms with Crippen molar-refractivity contribution < 1.29 is 19.1 Å². The van der Waals surface area contributed by atoms with Gasteiger partial charge in [0.15, 0.2) is 0 Å². The first-order chi connectivity index (χ1) is 11.0. The Hall–Kier alpha value is -2.11. The van der Waals surface area contributed by atoms with Gasteiger partial charge in [0.2, 0.25) is 0 Å². The van der Waals surface area contributed by atoms with E-state index in [0.29, 0.717) is 19.5 Å². The quantitative estimate of drug-likeness (QED) is 0.675. The van der Waals surface area contributed by atoms with Gasteiger partial charge < -0.3 is 15.7 Å². The number of urea groups is 1. The monoisotopic (exact) mass is 322 g/mol. The van der Waals surface area contributed by atoms with Crippen LogP contribution >= 0.6 is 0 Å². The van der Waals surface area contributed by atoms with E-state index in [0.717, 1.165) is 31.2 Å². The Bertz CT molecular complexity index is 539. The number of amides is 2.